The van der Waals surface area contributed by atoms with E-state index in [1.807, 2.05) is 43.3 Å². The standard InChI is InChI=1S/C18H18FNO/c1-13(11-12-20-14(2)21)15-7-9-16(10-8-15)17-5-3-4-6-18(17)19/h3-11H,12H2,1-2H3,(H,20,21). The Morgan fingerprint density at radius 3 is 2.38 bits per heavy atom. The maximum Gasteiger partial charge on any atom is 0.217 e. The summed E-state index contributed by atoms with van der Waals surface area (Å²) in [5, 5.41) is 2.73. The highest BCUT2D eigenvalue weighted by Gasteiger charge is 2.04. The van der Waals surface area contributed by atoms with Crippen molar-refractivity contribution in [2.24, 2.45) is 0 Å². The van der Waals surface area contributed by atoms with Crippen molar-refractivity contribution in [1.29, 1.82) is 0 Å². The van der Waals surface area contributed by atoms with Gasteiger partial charge in [-0.25, -0.2) is 4.39 Å². The third-order valence-electron chi connectivity index (χ3n) is 3.28. The van der Waals surface area contributed by atoms with E-state index in [4.69, 9.17) is 0 Å². The number of carbonyl (C=O) groups is 1. The number of allylic oxidation sites excluding steroid dienone is 1. The van der Waals surface area contributed by atoms with Gasteiger partial charge >= 0.3 is 0 Å². The lowest BCUT2D eigenvalue weighted by Gasteiger charge is -2.06. The van der Waals surface area contributed by atoms with Crippen molar-refractivity contribution in [3.63, 3.8) is 0 Å². The predicted octanol–water partition coefficient (Wildman–Crippen LogP) is 4.03. The Kier molecular flexibility index (Phi) is 4.88. The fourth-order valence-electron chi connectivity index (χ4n) is 2.07. The molecule has 0 aromatic heterocycles. The van der Waals surface area contributed by atoms with Crippen LogP contribution in [-0.4, -0.2) is 12.5 Å². The second-order valence-corrected chi connectivity index (χ2v) is 4.88. The summed E-state index contributed by atoms with van der Waals surface area (Å²) in [5.41, 5.74) is 3.58. The average Bonchev–Trinajstić information content (AvgIpc) is 2.47. The van der Waals surface area contributed by atoms with E-state index in [0.717, 1.165) is 16.7 Å². The van der Waals surface area contributed by atoms with Gasteiger partial charge in [0.15, 0.2) is 0 Å². The van der Waals surface area contributed by atoms with Crippen LogP contribution in [0.5, 0.6) is 0 Å². The van der Waals surface area contributed by atoms with Crippen LogP contribution in [-0.2, 0) is 4.79 Å². The van der Waals surface area contributed by atoms with Gasteiger partial charge in [-0.3, -0.25) is 4.79 Å². The minimum atomic E-state index is -0.219. The summed E-state index contributed by atoms with van der Waals surface area (Å²) < 4.78 is 13.7. The van der Waals surface area contributed by atoms with Crippen LogP contribution in [0.1, 0.15) is 19.4 Å². The lowest BCUT2D eigenvalue weighted by molar-refractivity contribution is -0.118. The molecule has 2 aromatic carbocycles. The van der Waals surface area contributed by atoms with Gasteiger partial charge in [0.1, 0.15) is 5.82 Å². The molecule has 3 heteroatoms. The molecule has 0 heterocycles. The molecule has 21 heavy (non-hydrogen) atoms. The first-order valence-corrected chi connectivity index (χ1v) is 6.84. The van der Waals surface area contributed by atoms with Crippen molar-refractivity contribution >= 4 is 11.5 Å². The molecule has 0 aliphatic rings. The van der Waals surface area contributed by atoms with Crippen molar-refractivity contribution in [3.05, 3.63) is 66.0 Å². The quantitative estimate of drug-likeness (QED) is 0.901. The zero-order valence-electron chi connectivity index (χ0n) is 12.2. The molecule has 0 aliphatic carbocycles. The van der Waals surface area contributed by atoms with Gasteiger partial charge in [-0.2, -0.15) is 0 Å². The van der Waals surface area contributed by atoms with Crippen molar-refractivity contribution < 1.29 is 9.18 Å². The molecule has 2 aromatic rings. The van der Waals surface area contributed by atoms with Crippen LogP contribution >= 0.6 is 0 Å². The summed E-state index contributed by atoms with van der Waals surface area (Å²) >= 11 is 0. The average molecular weight is 283 g/mol. The second kappa shape index (κ2) is 6.84. The van der Waals surface area contributed by atoms with E-state index < -0.39 is 0 Å². The minimum Gasteiger partial charge on any atom is -0.353 e. The number of amides is 1. The molecule has 0 saturated carbocycles. The predicted molar refractivity (Wildman–Crippen MR) is 84.2 cm³/mol. The number of hydrogen-bond donors (Lipinski definition) is 1. The van der Waals surface area contributed by atoms with Crippen molar-refractivity contribution in [3.8, 4) is 11.1 Å². The molecule has 0 aliphatic heterocycles. The maximum absolute atomic E-state index is 13.7. The van der Waals surface area contributed by atoms with E-state index in [2.05, 4.69) is 5.32 Å². The molecule has 0 spiro atoms. The van der Waals surface area contributed by atoms with Crippen LogP contribution in [0.4, 0.5) is 4.39 Å². The number of nitrogens with one attached hydrogen (secondary N) is 1. The Labute approximate surface area is 124 Å². The molecule has 2 nitrogen and oxygen atoms in total. The summed E-state index contributed by atoms with van der Waals surface area (Å²) in [6.07, 6.45) is 1.96. The fourth-order valence-corrected chi connectivity index (χ4v) is 2.07. The molecule has 2 rings (SSSR count). The SMILES string of the molecule is CC(=O)NCC=C(C)c1ccc(-c2ccccc2F)cc1. The van der Waals surface area contributed by atoms with Gasteiger partial charge in [0.25, 0.3) is 0 Å². The normalized spacial score (nSPS) is 11.3. The third kappa shape index (κ3) is 4.02. The summed E-state index contributed by atoms with van der Waals surface area (Å²) in [4.78, 5) is 10.8. The van der Waals surface area contributed by atoms with Crippen LogP contribution in [0.3, 0.4) is 0 Å². The molecule has 1 N–H and O–H groups in total. The lowest BCUT2D eigenvalue weighted by Crippen LogP contribution is -2.19. The Morgan fingerprint density at radius 1 is 1.10 bits per heavy atom. The highest BCUT2D eigenvalue weighted by Crippen LogP contribution is 2.24. The van der Waals surface area contributed by atoms with Gasteiger partial charge in [0.05, 0.1) is 0 Å². The molecule has 0 bridgehead atoms. The Morgan fingerprint density at radius 2 is 1.76 bits per heavy atom. The topological polar surface area (TPSA) is 29.1 Å². The largest absolute Gasteiger partial charge is 0.353 e. The highest BCUT2D eigenvalue weighted by atomic mass is 19.1. The van der Waals surface area contributed by atoms with Gasteiger partial charge in [-0.1, -0.05) is 48.5 Å². The van der Waals surface area contributed by atoms with Crippen molar-refractivity contribution in [2.75, 3.05) is 6.54 Å². The number of rotatable bonds is 4. The van der Waals surface area contributed by atoms with E-state index in [1.165, 1.54) is 13.0 Å². The first-order chi connectivity index (χ1) is 10.1. The molecule has 108 valence electrons. The van der Waals surface area contributed by atoms with Crippen LogP contribution in [0.15, 0.2) is 54.6 Å². The van der Waals surface area contributed by atoms with Crippen LogP contribution in [0, 0.1) is 5.82 Å². The monoisotopic (exact) mass is 283 g/mol. The molecule has 1 amide bonds. The molecule has 0 fully saturated rings. The smallest absolute Gasteiger partial charge is 0.217 e. The maximum atomic E-state index is 13.7. The molecular weight excluding hydrogens is 265 g/mol. The van der Waals surface area contributed by atoms with E-state index in [9.17, 15) is 9.18 Å². The highest BCUT2D eigenvalue weighted by molar-refractivity contribution is 5.74. The van der Waals surface area contributed by atoms with Crippen molar-refractivity contribution in [2.45, 2.75) is 13.8 Å². The zero-order valence-corrected chi connectivity index (χ0v) is 12.2. The van der Waals surface area contributed by atoms with Gasteiger partial charge in [-0.05, 0) is 29.7 Å². The van der Waals surface area contributed by atoms with E-state index >= 15 is 0 Å². The fraction of sp³-hybridized carbons (Fsp3) is 0.167. The summed E-state index contributed by atoms with van der Waals surface area (Å²) in [6, 6.07) is 14.5. The summed E-state index contributed by atoms with van der Waals surface area (Å²) in [7, 11) is 0. The minimum absolute atomic E-state index is 0.0473. The summed E-state index contributed by atoms with van der Waals surface area (Å²) in [6.45, 7) is 3.99. The Hall–Kier alpha value is -2.42. The van der Waals surface area contributed by atoms with Gasteiger partial charge in [-0.15, -0.1) is 0 Å². The van der Waals surface area contributed by atoms with Gasteiger partial charge in [0, 0.05) is 19.0 Å². The molecule has 0 radical (unpaired) electrons. The third-order valence-corrected chi connectivity index (χ3v) is 3.28. The van der Waals surface area contributed by atoms with E-state index in [0.29, 0.717) is 12.1 Å². The molecule has 0 saturated heterocycles. The zero-order chi connectivity index (χ0) is 15.2. The van der Waals surface area contributed by atoms with Crippen LogP contribution in [0.2, 0.25) is 0 Å². The number of hydrogen-bond acceptors (Lipinski definition) is 1. The van der Waals surface area contributed by atoms with Crippen LogP contribution < -0.4 is 5.32 Å². The molecule has 0 atom stereocenters. The number of carbonyl (C=O) groups excluding carboxylic acids is 1. The molecule has 0 unspecified atom stereocenters. The number of halogens is 1. The van der Waals surface area contributed by atoms with Crippen molar-refractivity contribution in [1.82, 2.24) is 5.32 Å². The lowest BCUT2D eigenvalue weighted by atomic mass is 10.0. The van der Waals surface area contributed by atoms with Gasteiger partial charge in [0.2, 0.25) is 5.91 Å². The molecular formula is C18H18FNO. The Balaban J connectivity index is 2.16. The number of benzene rings is 2. The van der Waals surface area contributed by atoms with Gasteiger partial charge < -0.3 is 5.32 Å². The van der Waals surface area contributed by atoms with Crippen LogP contribution in [0.25, 0.3) is 16.7 Å². The Bertz CT molecular complexity index is 659. The second-order valence-electron chi connectivity index (χ2n) is 4.88. The summed E-state index contributed by atoms with van der Waals surface area (Å²) in [5.74, 6) is -0.267. The first kappa shape index (κ1) is 15.0. The first-order valence-electron chi connectivity index (χ1n) is 6.84. The van der Waals surface area contributed by atoms with E-state index in [-0.39, 0.29) is 11.7 Å². The van der Waals surface area contributed by atoms with E-state index in [1.54, 1.807) is 12.1 Å².